The van der Waals surface area contributed by atoms with Crippen molar-refractivity contribution in [3.8, 4) is 0 Å². The number of H-pyrrole nitrogens is 1. The van der Waals surface area contributed by atoms with Crippen molar-refractivity contribution in [3.05, 3.63) is 52.0 Å². The van der Waals surface area contributed by atoms with Gasteiger partial charge in [-0.15, -0.1) is 0 Å². The number of hydrogen-bond donors (Lipinski definition) is 1. The lowest BCUT2D eigenvalue weighted by atomic mass is 10.2. The Bertz CT molecular complexity index is 457. The first-order valence-corrected chi connectivity index (χ1v) is 5.40. The molecule has 0 bridgehead atoms. The van der Waals surface area contributed by atoms with Gasteiger partial charge in [0.2, 0.25) is 0 Å². The number of rotatable bonds is 2. The Morgan fingerprint density at radius 3 is 2.47 bits per heavy atom. The fraction of sp³-hybridized carbons (Fsp3) is 0.182. The molecule has 78 valence electrons. The molecule has 0 amide bonds. The van der Waals surface area contributed by atoms with Crippen LogP contribution in [-0.4, -0.2) is 4.98 Å². The molecule has 4 heteroatoms. The lowest BCUT2D eigenvalue weighted by Crippen LogP contribution is -2.35. The molecule has 2 aromatic rings. The van der Waals surface area contributed by atoms with Crippen molar-refractivity contribution in [2.24, 2.45) is 0 Å². The van der Waals surface area contributed by atoms with Crippen LogP contribution in [0.25, 0.3) is 0 Å². The zero-order valence-corrected chi connectivity index (χ0v) is 9.81. The number of nitrogens with one attached hydrogen (secondary N) is 1. The van der Waals surface area contributed by atoms with Gasteiger partial charge in [-0.05, 0) is 12.1 Å². The second kappa shape index (κ2) is 4.25. The van der Waals surface area contributed by atoms with Crippen molar-refractivity contribution in [1.82, 2.24) is 4.98 Å². The SMILES string of the molecule is Cc1[nH]cc[n+]1Cc1c(Cl)cccc1Cl. The maximum absolute atomic E-state index is 6.09. The summed E-state index contributed by atoms with van der Waals surface area (Å²) in [5, 5.41) is 1.41. The minimum Gasteiger partial charge on any atom is -0.248 e. The van der Waals surface area contributed by atoms with Gasteiger partial charge in [-0.1, -0.05) is 29.3 Å². The van der Waals surface area contributed by atoms with Crippen LogP contribution in [0.1, 0.15) is 11.4 Å². The van der Waals surface area contributed by atoms with Gasteiger partial charge >= 0.3 is 0 Å². The molecule has 1 aromatic carbocycles. The molecule has 0 saturated heterocycles. The van der Waals surface area contributed by atoms with E-state index < -0.39 is 0 Å². The molecule has 15 heavy (non-hydrogen) atoms. The fourth-order valence-corrected chi connectivity index (χ4v) is 1.98. The first-order chi connectivity index (χ1) is 7.18. The van der Waals surface area contributed by atoms with E-state index in [-0.39, 0.29) is 0 Å². The van der Waals surface area contributed by atoms with Crippen molar-refractivity contribution in [2.45, 2.75) is 13.5 Å². The summed E-state index contributed by atoms with van der Waals surface area (Å²) in [6.45, 7) is 2.69. The highest BCUT2D eigenvalue weighted by Crippen LogP contribution is 2.23. The van der Waals surface area contributed by atoms with Crippen molar-refractivity contribution >= 4 is 23.2 Å². The quantitative estimate of drug-likeness (QED) is 0.781. The molecular formula is C11H11Cl2N2+. The zero-order valence-electron chi connectivity index (χ0n) is 8.30. The standard InChI is InChI=1S/C11H10Cl2N2/c1-8-14-5-6-15(8)7-9-10(12)3-2-4-11(9)13/h2-6H,7H2,1H3/p+1. The molecule has 0 saturated carbocycles. The van der Waals surface area contributed by atoms with E-state index in [4.69, 9.17) is 23.2 Å². The van der Waals surface area contributed by atoms with E-state index in [1.807, 2.05) is 37.5 Å². The van der Waals surface area contributed by atoms with Gasteiger partial charge < -0.3 is 0 Å². The van der Waals surface area contributed by atoms with Gasteiger partial charge in [0.25, 0.3) is 5.82 Å². The number of benzene rings is 1. The van der Waals surface area contributed by atoms with Crippen molar-refractivity contribution < 1.29 is 4.57 Å². The molecule has 0 unspecified atom stereocenters. The molecule has 0 aliphatic carbocycles. The number of imidazole rings is 1. The highest BCUT2D eigenvalue weighted by Gasteiger charge is 2.11. The van der Waals surface area contributed by atoms with Crippen LogP contribution >= 0.6 is 23.2 Å². The third kappa shape index (κ3) is 2.16. The Morgan fingerprint density at radius 1 is 1.27 bits per heavy atom. The predicted octanol–water partition coefficient (Wildman–Crippen LogP) is 2.97. The minimum atomic E-state index is 0.688. The molecule has 0 fully saturated rings. The molecule has 0 atom stereocenters. The van der Waals surface area contributed by atoms with Crippen LogP contribution in [0.4, 0.5) is 0 Å². The summed E-state index contributed by atoms with van der Waals surface area (Å²) in [5.41, 5.74) is 0.952. The van der Waals surface area contributed by atoms with Gasteiger partial charge in [-0.2, -0.15) is 0 Å². The summed E-state index contributed by atoms with van der Waals surface area (Å²) in [7, 11) is 0. The molecule has 1 N–H and O–H groups in total. The lowest BCUT2D eigenvalue weighted by Gasteiger charge is -2.04. The first kappa shape index (κ1) is 10.5. The molecule has 0 aliphatic rings. The van der Waals surface area contributed by atoms with Crippen LogP contribution in [0, 0.1) is 6.92 Å². The molecule has 0 radical (unpaired) electrons. The summed E-state index contributed by atoms with van der Waals surface area (Å²) in [6, 6.07) is 5.56. The molecule has 2 nitrogen and oxygen atoms in total. The minimum absolute atomic E-state index is 0.688. The van der Waals surface area contributed by atoms with Gasteiger partial charge in [-0.25, -0.2) is 9.55 Å². The van der Waals surface area contributed by atoms with E-state index >= 15 is 0 Å². The Balaban J connectivity index is 2.36. The smallest absolute Gasteiger partial charge is 0.248 e. The second-order valence-corrected chi connectivity index (χ2v) is 4.19. The average molecular weight is 242 g/mol. The molecule has 0 spiro atoms. The fourth-order valence-electron chi connectivity index (χ4n) is 1.47. The maximum Gasteiger partial charge on any atom is 0.251 e. The summed E-state index contributed by atoms with van der Waals surface area (Å²) in [5.74, 6) is 1.07. The van der Waals surface area contributed by atoms with Crippen LogP contribution in [0.15, 0.2) is 30.6 Å². The molecule has 2 rings (SSSR count). The number of nitrogens with zero attached hydrogens (tertiary/aromatic N) is 1. The Hall–Kier alpha value is -0.990. The third-order valence-corrected chi connectivity index (χ3v) is 3.08. The van der Waals surface area contributed by atoms with Gasteiger partial charge in [-0.3, -0.25) is 0 Å². The van der Waals surface area contributed by atoms with Gasteiger partial charge in [0.1, 0.15) is 18.9 Å². The molecule has 0 aliphatic heterocycles. The Labute approximate surface area is 98.5 Å². The highest BCUT2D eigenvalue weighted by atomic mass is 35.5. The van der Waals surface area contributed by atoms with Gasteiger partial charge in [0.15, 0.2) is 0 Å². The highest BCUT2D eigenvalue weighted by molar-refractivity contribution is 6.35. The molecule has 1 heterocycles. The van der Waals surface area contributed by atoms with E-state index in [1.165, 1.54) is 0 Å². The molecular weight excluding hydrogens is 231 g/mol. The number of halogens is 2. The molecule has 1 aromatic heterocycles. The van der Waals surface area contributed by atoms with Crippen LogP contribution < -0.4 is 4.57 Å². The number of aryl methyl sites for hydroxylation is 1. The summed E-state index contributed by atoms with van der Waals surface area (Å²) in [6.07, 6.45) is 3.86. The zero-order chi connectivity index (χ0) is 10.8. The lowest BCUT2D eigenvalue weighted by molar-refractivity contribution is -0.693. The van der Waals surface area contributed by atoms with Crippen LogP contribution in [0.2, 0.25) is 10.0 Å². The Morgan fingerprint density at radius 2 is 1.93 bits per heavy atom. The van der Waals surface area contributed by atoms with E-state index in [0.717, 1.165) is 11.4 Å². The largest absolute Gasteiger partial charge is 0.251 e. The second-order valence-electron chi connectivity index (χ2n) is 3.37. The normalized spacial score (nSPS) is 10.6. The van der Waals surface area contributed by atoms with Gasteiger partial charge in [0, 0.05) is 22.5 Å². The van der Waals surface area contributed by atoms with E-state index in [9.17, 15) is 0 Å². The van der Waals surface area contributed by atoms with E-state index in [2.05, 4.69) is 9.55 Å². The van der Waals surface area contributed by atoms with E-state index in [1.54, 1.807) is 0 Å². The summed E-state index contributed by atoms with van der Waals surface area (Å²) < 4.78 is 2.06. The maximum atomic E-state index is 6.09. The number of aromatic amines is 1. The number of hydrogen-bond acceptors (Lipinski definition) is 0. The Kier molecular flexibility index (Phi) is 2.98. The third-order valence-electron chi connectivity index (χ3n) is 2.37. The van der Waals surface area contributed by atoms with Crippen LogP contribution in [0.3, 0.4) is 0 Å². The van der Waals surface area contributed by atoms with Gasteiger partial charge in [0.05, 0.1) is 0 Å². The van der Waals surface area contributed by atoms with Crippen molar-refractivity contribution in [1.29, 1.82) is 0 Å². The first-order valence-electron chi connectivity index (χ1n) is 4.65. The predicted molar refractivity (Wildman–Crippen MR) is 61.3 cm³/mol. The average Bonchev–Trinajstić information content (AvgIpc) is 2.58. The summed E-state index contributed by atoms with van der Waals surface area (Å²) in [4.78, 5) is 3.10. The summed E-state index contributed by atoms with van der Waals surface area (Å²) >= 11 is 12.2. The van der Waals surface area contributed by atoms with Crippen LogP contribution in [-0.2, 0) is 6.54 Å². The van der Waals surface area contributed by atoms with Crippen molar-refractivity contribution in [3.63, 3.8) is 0 Å². The number of aromatic nitrogens is 2. The van der Waals surface area contributed by atoms with Crippen LogP contribution in [0.5, 0.6) is 0 Å². The van der Waals surface area contributed by atoms with Crippen molar-refractivity contribution in [2.75, 3.05) is 0 Å². The van der Waals surface area contributed by atoms with E-state index in [0.29, 0.717) is 16.6 Å². The topological polar surface area (TPSA) is 19.7 Å². The monoisotopic (exact) mass is 241 g/mol.